The summed E-state index contributed by atoms with van der Waals surface area (Å²) in [6.07, 6.45) is 2.20. The summed E-state index contributed by atoms with van der Waals surface area (Å²) in [5.74, 6) is 1.78. The molecule has 5 nitrogen and oxygen atoms in total. The molecule has 2 aliphatic heterocycles. The van der Waals surface area contributed by atoms with E-state index >= 15 is 0 Å². The Morgan fingerprint density at radius 3 is 2.41 bits per heavy atom. The lowest BCUT2D eigenvalue weighted by molar-refractivity contribution is -0.148. The number of rotatable bonds is 10. The summed E-state index contributed by atoms with van der Waals surface area (Å²) in [6, 6.07) is 9.82. The molecule has 2 heterocycles. The van der Waals surface area contributed by atoms with Crippen LogP contribution in [0.1, 0.15) is 45.6 Å². The van der Waals surface area contributed by atoms with Gasteiger partial charge in [-0.05, 0) is 36.5 Å². The van der Waals surface area contributed by atoms with Crippen molar-refractivity contribution < 1.29 is 18.8 Å². The summed E-state index contributed by atoms with van der Waals surface area (Å²) in [5, 5.41) is 3.22. The van der Waals surface area contributed by atoms with Crippen molar-refractivity contribution in [2.75, 3.05) is 18.1 Å². The number of carbonyl (C=O) groups is 2. The van der Waals surface area contributed by atoms with Gasteiger partial charge in [0, 0.05) is 36.5 Å². The Morgan fingerprint density at radius 2 is 1.84 bits per heavy atom. The van der Waals surface area contributed by atoms with Gasteiger partial charge in [0.2, 0.25) is 5.91 Å². The lowest BCUT2D eigenvalue weighted by Gasteiger charge is -2.43. The number of ether oxygens (including phenoxy) is 1. The fourth-order valence-corrected chi connectivity index (χ4v) is 8.41. The van der Waals surface area contributed by atoms with Gasteiger partial charge in [-0.3, -0.25) is 4.79 Å². The normalized spacial score (nSPS) is 21.5. The van der Waals surface area contributed by atoms with Crippen molar-refractivity contribution >= 4 is 43.7 Å². The Morgan fingerprint density at radius 1 is 1.22 bits per heavy atom. The van der Waals surface area contributed by atoms with E-state index in [2.05, 4.69) is 39.2 Å². The summed E-state index contributed by atoms with van der Waals surface area (Å²) >= 11 is 3.39. The van der Waals surface area contributed by atoms with Crippen molar-refractivity contribution in [2.45, 2.75) is 74.9 Å². The summed E-state index contributed by atoms with van der Waals surface area (Å²) < 4.78 is 11.5. The van der Waals surface area contributed by atoms with Crippen molar-refractivity contribution in [3.8, 4) is 0 Å². The molecule has 1 aromatic carbocycles. The van der Waals surface area contributed by atoms with Crippen LogP contribution in [0.4, 0.5) is 0 Å². The number of esters is 1. The number of carbonyl (C=O) groups excluding carboxylic acids is 2. The average molecular weight is 496 g/mol. The van der Waals surface area contributed by atoms with E-state index in [4.69, 9.17) is 9.16 Å². The predicted octanol–water partition coefficient (Wildman–Crippen LogP) is 5.21. The first-order chi connectivity index (χ1) is 15.1. The Balaban J connectivity index is 1.67. The van der Waals surface area contributed by atoms with Gasteiger partial charge in [0.05, 0.1) is 0 Å². The largest absolute Gasteiger partial charge is 0.459 e. The SMILES string of the molecule is CC(C)(C)[Si](C)(C)OCCCC(C1CC(=O)N1)C1(C(=O)OCc2ccccc2)SCCS1. The second-order valence-electron chi connectivity index (χ2n) is 10.2. The molecule has 0 spiro atoms. The topological polar surface area (TPSA) is 64.6 Å². The van der Waals surface area contributed by atoms with E-state index in [1.54, 1.807) is 23.5 Å². The Hall–Kier alpha value is -0.963. The molecule has 178 valence electrons. The number of β-lactam (4-membered cyclic amide) rings is 1. The van der Waals surface area contributed by atoms with Crippen molar-refractivity contribution in [2.24, 2.45) is 5.92 Å². The molecular weight excluding hydrogens is 458 g/mol. The maximum Gasteiger partial charge on any atom is 0.333 e. The summed E-state index contributed by atoms with van der Waals surface area (Å²) in [4.78, 5) is 25.2. The highest BCUT2D eigenvalue weighted by Gasteiger charge is 2.55. The number of thioether (sulfide) groups is 2. The van der Waals surface area contributed by atoms with Crippen LogP contribution in [-0.2, 0) is 25.4 Å². The summed E-state index contributed by atoms with van der Waals surface area (Å²) in [7, 11) is -1.80. The van der Waals surface area contributed by atoms with Gasteiger partial charge in [0.1, 0.15) is 6.61 Å². The number of benzene rings is 1. The molecule has 2 aliphatic rings. The smallest absolute Gasteiger partial charge is 0.333 e. The van der Waals surface area contributed by atoms with Crippen LogP contribution in [0.3, 0.4) is 0 Å². The molecule has 3 rings (SSSR count). The van der Waals surface area contributed by atoms with Crippen LogP contribution < -0.4 is 5.32 Å². The van der Waals surface area contributed by atoms with Gasteiger partial charge in [-0.1, -0.05) is 51.1 Å². The van der Waals surface area contributed by atoms with Crippen LogP contribution in [0.25, 0.3) is 0 Å². The van der Waals surface area contributed by atoms with Crippen LogP contribution in [0.15, 0.2) is 30.3 Å². The molecule has 0 aromatic heterocycles. The molecule has 1 N–H and O–H groups in total. The summed E-state index contributed by atoms with van der Waals surface area (Å²) in [6.45, 7) is 12.2. The third kappa shape index (κ3) is 5.93. The second kappa shape index (κ2) is 10.5. The number of amides is 1. The minimum atomic E-state index is -1.80. The van der Waals surface area contributed by atoms with E-state index in [-0.39, 0.29) is 35.5 Å². The first-order valence-corrected chi connectivity index (χ1v) is 16.4. The molecule has 1 amide bonds. The highest BCUT2D eigenvalue weighted by molar-refractivity contribution is 8.22. The standard InChI is InChI=1S/C24H37NO4S2Si/c1-23(2,3)32(4,5)29-13-9-12-19(20-16-21(26)25-20)24(30-14-15-31-24)22(27)28-17-18-10-7-6-8-11-18/h6-8,10-11,19-20H,9,12-17H2,1-5H3,(H,25,26). The molecule has 2 atom stereocenters. The molecule has 0 radical (unpaired) electrons. The molecule has 8 heteroatoms. The molecule has 2 fully saturated rings. The number of hydrogen-bond donors (Lipinski definition) is 1. The molecule has 0 bridgehead atoms. The van der Waals surface area contributed by atoms with E-state index in [1.807, 2.05) is 30.3 Å². The Bertz CT molecular complexity index is 783. The highest BCUT2D eigenvalue weighted by Crippen LogP contribution is 2.53. The first-order valence-electron chi connectivity index (χ1n) is 11.5. The third-order valence-corrected chi connectivity index (χ3v) is 15.0. The molecule has 1 aromatic rings. The third-order valence-electron chi connectivity index (χ3n) is 6.87. The highest BCUT2D eigenvalue weighted by atomic mass is 32.2. The zero-order valence-electron chi connectivity index (χ0n) is 19.9. The van der Waals surface area contributed by atoms with Gasteiger partial charge < -0.3 is 14.5 Å². The minimum absolute atomic E-state index is 0.0257. The maximum atomic E-state index is 13.4. The van der Waals surface area contributed by atoms with E-state index in [0.29, 0.717) is 13.0 Å². The zero-order chi connectivity index (χ0) is 23.4. The van der Waals surface area contributed by atoms with Crippen molar-refractivity contribution in [1.82, 2.24) is 5.32 Å². The van der Waals surface area contributed by atoms with E-state index in [1.165, 1.54) is 0 Å². The quantitative estimate of drug-likeness (QED) is 0.208. The van der Waals surface area contributed by atoms with Gasteiger partial charge >= 0.3 is 5.97 Å². The second-order valence-corrected chi connectivity index (χ2v) is 17.9. The van der Waals surface area contributed by atoms with Crippen molar-refractivity contribution in [1.29, 1.82) is 0 Å². The van der Waals surface area contributed by atoms with E-state index in [0.717, 1.165) is 29.9 Å². The Kier molecular flexibility index (Phi) is 8.44. The fraction of sp³-hybridized carbons (Fsp3) is 0.667. The van der Waals surface area contributed by atoms with Crippen molar-refractivity contribution in [3.63, 3.8) is 0 Å². The van der Waals surface area contributed by atoms with Crippen LogP contribution >= 0.6 is 23.5 Å². The van der Waals surface area contributed by atoms with Crippen LogP contribution in [0, 0.1) is 5.92 Å². The van der Waals surface area contributed by atoms with Crippen LogP contribution in [-0.4, -0.2) is 48.4 Å². The first kappa shape index (κ1) is 25.7. The summed E-state index contributed by atoms with van der Waals surface area (Å²) in [5.41, 5.74) is 0.986. The molecule has 2 saturated heterocycles. The zero-order valence-corrected chi connectivity index (χ0v) is 22.6. The number of nitrogens with one attached hydrogen (secondary N) is 1. The van der Waals surface area contributed by atoms with Gasteiger partial charge in [-0.25, -0.2) is 4.79 Å². The molecule has 0 aliphatic carbocycles. The average Bonchev–Trinajstić information content (AvgIpc) is 3.21. The van der Waals surface area contributed by atoms with E-state index < -0.39 is 12.4 Å². The monoisotopic (exact) mass is 495 g/mol. The number of hydrogen-bond acceptors (Lipinski definition) is 6. The maximum absolute atomic E-state index is 13.4. The lowest BCUT2D eigenvalue weighted by atomic mass is 9.84. The van der Waals surface area contributed by atoms with Gasteiger partial charge in [-0.15, -0.1) is 23.5 Å². The Labute approximate surface area is 202 Å². The molecule has 2 unspecified atom stereocenters. The van der Waals surface area contributed by atoms with Crippen molar-refractivity contribution in [3.05, 3.63) is 35.9 Å². The van der Waals surface area contributed by atoms with E-state index in [9.17, 15) is 9.59 Å². The van der Waals surface area contributed by atoms with Gasteiger partial charge in [-0.2, -0.15) is 0 Å². The van der Waals surface area contributed by atoms with Gasteiger partial charge in [0.15, 0.2) is 12.4 Å². The lowest BCUT2D eigenvalue weighted by Crippen LogP contribution is -2.59. The molecule has 0 saturated carbocycles. The van der Waals surface area contributed by atoms with Crippen LogP contribution in [0.5, 0.6) is 0 Å². The minimum Gasteiger partial charge on any atom is -0.459 e. The van der Waals surface area contributed by atoms with Gasteiger partial charge in [0.25, 0.3) is 0 Å². The predicted molar refractivity (Wildman–Crippen MR) is 136 cm³/mol. The molecular formula is C24H37NO4S2Si. The molecule has 32 heavy (non-hydrogen) atoms. The van der Waals surface area contributed by atoms with Crippen LogP contribution in [0.2, 0.25) is 18.1 Å². The fourth-order valence-electron chi connectivity index (χ4n) is 3.87.